The minimum atomic E-state index is 0.0790. The topological polar surface area (TPSA) is 59.3 Å². The molecule has 0 unspecified atom stereocenters. The highest BCUT2D eigenvalue weighted by molar-refractivity contribution is 4.95. The SMILES string of the molecule is CCNCc1cn(CCOCCO)cn1. The van der Waals surface area contributed by atoms with Gasteiger partial charge in [0.1, 0.15) is 0 Å². The first-order chi connectivity index (χ1) is 7.36. The van der Waals surface area contributed by atoms with E-state index >= 15 is 0 Å². The van der Waals surface area contributed by atoms with E-state index in [4.69, 9.17) is 9.84 Å². The maximum absolute atomic E-state index is 8.51. The molecule has 15 heavy (non-hydrogen) atoms. The predicted octanol–water partition coefficient (Wildman–Crippen LogP) is 0.00150. The fraction of sp³-hybridized carbons (Fsp3) is 0.700. The Balaban J connectivity index is 2.20. The highest BCUT2D eigenvalue weighted by Crippen LogP contribution is 1.95. The van der Waals surface area contributed by atoms with Gasteiger partial charge in [0.25, 0.3) is 0 Å². The number of imidazole rings is 1. The minimum absolute atomic E-state index is 0.0790. The fourth-order valence-electron chi connectivity index (χ4n) is 1.21. The number of aliphatic hydroxyl groups excluding tert-OH is 1. The Morgan fingerprint density at radius 2 is 2.40 bits per heavy atom. The van der Waals surface area contributed by atoms with Gasteiger partial charge in [-0.3, -0.25) is 0 Å². The monoisotopic (exact) mass is 213 g/mol. The molecule has 1 heterocycles. The third-order valence-corrected chi connectivity index (χ3v) is 1.97. The lowest BCUT2D eigenvalue weighted by molar-refractivity contribution is 0.0870. The fourth-order valence-corrected chi connectivity index (χ4v) is 1.21. The smallest absolute Gasteiger partial charge is 0.0950 e. The predicted molar refractivity (Wildman–Crippen MR) is 57.5 cm³/mol. The Morgan fingerprint density at radius 1 is 1.53 bits per heavy atom. The second-order valence-corrected chi connectivity index (χ2v) is 3.22. The summed E-state index contributed by atoms with van der Waals surface area (Å²) in [5, 5.41) is 11.7. The minimum Gasteiger partial charge on any atom is -0.394 e. The van der Waals surface area contributed by atoms with Crippen LogP contribution in [0.15, 0.2) is 12.5 Å². The summed E-state index contributed by atoms with van der Waals surface area (Å²) in [4.78, 5) is 4.25. The van der Waals surface area contributed by atoms with Crippen LogP contribution in [-0.2, 0) is 17.8 Å². The normalized spacial score (nSPS) is 10.8. The Morgan fingerprint density at radius 3 is 3.13 bits per heavy atom. The molecule has 0 aliphatic carbocycles. The molecule has 0 saturated carbocycles. The van der Waals surface area contributed by atoms with Crippen LogP contribution in [-0.4, -0.2) is 41.0 Å². The van der Waals surface area contributed by atoms with Gasteiger partial charge in [0.2, 0.25) is 0 Å². The molecule has 0 bridgehead atoms. The molecule has 0 saturated heterocycles. The average Bonchev–Trinajstić information content (AvgIpc) is 2.69. The first-order valence-electron chi connectivity index (χ1n) is 5.26. The van der Waals surface area contributed by atoms with Crippen LogP contribution in [0.25, 0.3) is 0 Å². The third kappa shape index (κ3) is 4.92. The lowest BCUT2D eigenvalue weighted by Gasteiger charge is -2.02. The van der Waals surface area contributed by atoms with Gasteiger partial charge in [0, 0.05) is 19.3 Å². The second-order valence-electron chi connectivity index (χ2n) is 3.22. The molecule has 0 aliphatic rings. The van der Waals surface area contributed by atoms with Crippen LogP contribution in [0.1, 0.15) is 12.6 Å². The lowest BCUT2D eigenvalue weighted by atomic mass is 10.4. The van der Waals surface area contributed by atoms with E-state index in [0.717, 1.165) is 25.3 Å². The molecule has 0 radical (unpaired) electrons. The molecule has 0 atom stereocenters. The highest BCUT2D eigenvalue weighted by atomic mass is 16.5. The van der Waals surface area contributed by atoms with E-state index in [0.29, 0.717) is 13.2 Å². The van der Waals surface area contributed by atoms with Crippen molar-refractivity contribution in [2.24, 2.45) is 0 Å². The zero-order valence-corrected chi connectivity index (χ0v) is 9.15. The van der Waals surface area contributed by atoms with Crippen molar-refractivity contribution in [3.8, 4) is 0 Å². The van der Waals surface area contributed by atoms with Crippen LogP contribution in [0.4, 0.5) is 0 Å². The van der Waals surface area contributed by atoms with Gasteiger partial charge in [-0.25, -0.2) is 4.98 Å². The number of hydrogen-bond donors (Lipinski definition) is 2. The second kappa shape index (κ2) is 7.39. The molecule has 0 aliphatic heterocycles. The molecule has 2 N–H and O–H groups in total. The van der Waals surface area contributed by atoms with Crippen molar-refractivity contribution < 1.29 is 9.84 Å². The van der Waals surface area contributed by atoms with Crippen molar-refractivity contribution in [2.75, 3.05) is 26.4 Å². The Kier molecular flexibility index (Phi) is 5.99. The first-order valence-corrected chi connectivity index (χ1v) is 5.26. The molecule has 0 amide bonds. The summed E-state index contributed by atoms with van der Waals surface area (Å²) in [6.07, 6.45) is 3.81. The van der Waals surface area contributed by atoms with E-state index in [9.17, 15) is 0 Å². The van der Waals surface area contributed by atoms with Gasteiger partial charge < -0.3 is 19.7 Å². The van der Waals surface area contributed by atoms with Gasteiger partial charge in [-0.2, -0.15) is 0 Å². The molecule has 5 nitrogen and oxygen atoms in total. The number of nitrogens with one attached hydrogen (secondary N) is 1. The number of rotatable bonds is 8. The first kappa shape index (κ1) is 12.2. The van der Waals surface area contributed by atoms with Crippen molar-refractivity contribution >= 4 is 0 Å². The zero-order valence-electron chi connectivity index (χ0n) is 9.15. The van der Waals surface area contributed by atoms with Gasteiger partial charge >= 0.3 is 0 Å². The molecular weight excluding hydrogens is 194 g/mol. The van der Waals surface area contributed by atoms with E-state index < -0.39 is 0 Å². The van der Waals surface area contributed by atoms with Crippen molar-refractivity contribution in [1.29, 1.82) is 0 Å². The molecule has 0 spiro atoms. The number of nitrogens with zero attached hydrogens (tertiary/aromatic N) is 2. The molecule has 1 aromatic heterocycles. The van der Waals surface area contributed by atoms with E-state index in [1.54, 1.807) is 6.33 Å². The summed E-state index contributed by atoms with van der Waals surface area (Å²) >= 11 is 0. The summed E-state index contributed by atoms with van der Waals surface area (Å²) in [6, 6.07) is 0. The van der Waals surface area contributed by atoms with Crippen molar-refractivity contribution in [1.82, 2.24) is 14.9 Å². The number of ether oxygens (including phenoxy) is 1. The standard InChI is InChI=1S/C10H19N3O2/c1-2-11-7-10-8-13(9-12-10)3-5-15-6-4-14/h8-9,11,14H,2-7H2,1H3. The van der Waals surface area contributed by atoms with Crippen LogP contribution in [0.3, 0.4) is 0 Å². The third-order valence-electron chi connectivity index (χ3n) is 1.97. The van der Waals surface area contributed by atoms with E-state index in [1.807, 2.05) is 10.8 Å². The van der Waals surface area contributed by atoms with E-state index in [1.165, 1.54) is 0 Å². The van der Waals surface area contributed by atoms with Crippen LogP contribution in [0.5, 0.6) is 0 Å². The van der Waals surface area contributed by atoms with Crippen LogP contribution < -0.4 is 5.32 Å². The number of aromatic nitrogens is 2. The van der Waals surface area contributed by atoms with E-state index in [-0.39, 0.29) is 6.61 Å². The summed E-state index contributed by atoms with van der Waals surface area (Å²) < 4.78 is 7.15. The quantitative estimate of drug-likeness (QED) is 0.597. The van der Waals surface area contributed by atoms with Crippen LogP contribution >= 0.6 is 0 Å². The van der Waals surface area contributed by atoms with Crippen LogP contribution in [0.2, 0.25) is 0 Å². The lowest BCUT2D eigenvalue weighted by Crippen LogP contribution is -2.12. The van der Waals surface area contributed by atoms with Gasteiger partial charge in [0.05, 0.1) is 31.8 Å². The van der Waals surface area contributed by atoms with E-state index in [2.05, 4.69) is 17.2 Å². The highest BCUT2D eigenvalue weighted by Gasteiger charge is 1.97. The zero-order chi connectivity index (χ0) is 10.9. The Hall–Kier alpha value is -0.910. The molecule has 1 aromatic rings. The van der Waals surface area contributed by atoms with Gasteiger partial charge in [-0.15, -0.1) is 0 Å². The average molecular weight is 213 g/mol. The largest absolute Gasteiger partial charge is 0.394 e. The molecule has 5 heteroatoms. The Bertz CT molecular complexity index is 263. The number of aliphatic hydroxyl groups is 1. The molecule has 0 aromatic carbocycles. The molecule has 86 valence electrons. The summed E-state index contributed by atoms with van der Waals surface area (Å²) in [5.41, 5.74) is 1.04. The number of hydrogen-bond acceptors (Lipinski definition) is 4. The van der Waals surface area contributed by atoms with Crippen molar-refractivity contribution in [3.05, 3.63) is 18.2 Å². The molecule has 0 fully saturated rings. The van der Waals surface area contributed by atoms with Crippen LogP contribution in [0, 0.1) is 0 Å². The molecular formula is C10H19N3O2. The summed E-state index contributed by atoms with van der Waals surface area (Å²) in [7, 11) is 0. The summed E-state index contributed by atoms with van der Waals surface area (Å²) in [5.74, 6) is 0. The maximum atomic E-state index is 8.51. The Labute approximate surface area is 90.1 Å². The van der Waals surface area contributed by atoms with Gasteiger partial charge in [0.15, 0.2) is 0 Å². The summed E-state index contributed by atoms with van der Waals surface area (Å²) in [6.45, 7) is 5.69. The van der Waals surface area contributed by atoms with Crippen molar-refractivity contribution in [3.63, 3.8) is 0 Å². The van der Waals surface area contributed by atoms with Crippen molar-refractivity contribution in [2.45, 2.75) is 20.0 Å². The van der Waals surface area contributed by atoms with Gasteiger partial charge in [-0.05, 0) is 6.54 Å². The van der Waals surface area contributed by atoms with Gasteiger partial charge in [-0.1, -0.05) is 6.92 Å². The maximum Gasteiger partial charge on any atom is 0.0950 e. The molecule has 1 rings (SSSR count).